The zero-order valence-electron chi connectivity index (χ0n) is 8.86. The Morgan fingerprint density at radius 2 is 1.79 bits per heavy atom. The van der Waals surface area contributed by atoms with Gasteiger partial charge in [0.15, 0.2) is 0 Å². The van der Waals surface area contributed by atoms with Crippen LogP contribution in [0.1, 0.15) is 13.8 Å². The molecular formula is C9H20N2O3. The van der Waals surface area contributed by atoms with Crippen molar-refractivity contribution in [3.05, 3.63) is 0 Å². The van der Waals surface area contributed by atoms with Crippen LogP contribution in [0.2, 0.25) is 0 Å². The van der Waals surface area contributed by atoms with Crippen LogP contribution in [0.15, 0.2) is 0 Å². The van der Waals surface area contributed by atoms with Crippen molar-refractivity contribution in [2.24, 2.45) is 17.4 Å². The first-order chi connectivity index (χ1) is 6.63. The summed E-state index contributed by atoms with van der Waals surface area (Å²) in [6, 6.07) is 0. The molecule has 0 radical (unpaired) electrons. The first-order valence-corrected chi connectivity index (χ1v) is 4.81. The first-order valence-electron chi connectivity index (χ1n) is 4.81. The summed E-state index contributed by atoms with van der Waals surface area (Å²) in [4.78, 5) is 11.3. The number of hydrogen-bond donors (Lipinski definition) is 2. The predicted octanol–water partition coefficient (Wildman–Crippen LogP) is -0.512. The minimum absolute atomic E-state index is 0.177. The zero-order chi connectivity index (χ0) is 11.0. The number of esters is 1. The number of hydrogen-bond acceptors (Lipinski definition) is 5. The van der Waals surface area contributed by atoms with Crippen molar-refractivity contribution in [1.29, 1.82) is 0 Å². The molecule has 0 saturated carbocycles. The largest absolute Gasteiger partial charge is 0.464 e. The standard InChI is InChI=1S/C9H20N2O3/c1-7(8(2)13-5-3-10)9(12)14-6-4-11/h7-8H,3-6,10-11H2,1-2H3. The summed E-state index contributed by atoms with van der Waals surface area (Å²) in [7, 11) is 0. The lowest BCUT2D eigenvalue weighted by molar-refractivity contribution is -0.152. The minimum Gasteiger partial charge on any atom is -0.464 e. The van der Waals surface area contributed by atoms with Crippen LogP contribution in [0.5, 0.6) is 0 Å². The van der Waals surface area contributed by atoms with Gasteiger partial charge in [-0.15, -0.1) is 0 Å². The third-order valence-corrected chi connectivity index (χ3v) is 1.94. The third-order valence-electron chi connectivity index (χ3n) is 1.94. The fraction of sp³-hybridized carbons (Fsp3) is 0.889. The normalized spacial score (nSPS) is 14.9. The van der Waals surface area contributed by atoms with Crippen molar-refractivity contribution in [1.82, 2.24) is 0 Å². The molecule has 2 atom stereocenters. The Balaban J connectivity index is 3.78. The van der Waals surface area contributed by atoms with Gasteiger partial charge in [-0.05, 0) is 13.8 Å². The Bertz CT molecular complexity index is 164. The molecule has 5 heteroatoms. The molecule has 5 nitrogen and oxygen atoms in total. The van der Waals surface area contributed by atoms with Crippen molar-refractivity contribution in [3.8, 4) is 0 Å². The van der Waals surface area contributed by atoms with Gasteiger partial charge >= 0.3 is 5.97 Å². The molecule has 0 heterocycles. The fourth-order valence-electron chi connectivity index (χ4n) is 0.881. The molecule has 0 fully saturated rings. The van der Waals surface area contributed by atoms with E-state index in [1.54, 1.807) is 6.92 Å². The molecule has 0 aliphatic heterocycles. The van der Waals surface area contributed by atoms with Crippen molar-refractivity contribution >= 4 is 5.97 Å². The van der Waals surface area contributed by atoms with E-state index in [4.69, 9.17) is 20.9 Å². The Kier molecular flexibility index (Phi) is 7.37. The summed E-state index contributed by atoms with van der Waals surface area (Å²) >= 11 is 0. The molecule has 0 amide bonds. The van der Waals surface area contributed by atoms with Gasteiger partial charge in [0.1, 0.15) is 6.61 Å². The van der Waals surface area contributed by atoms with E-state index in [0.717, 1.165) is 0 Å². The smallest absolute Gasteiger partial charge is 0.311 e. The van der Waals surface area contributed by atoms with E-state index >= 15 is 0 Å². The molecule has 84 valence electrons. The molecule has 0 bridgehead atoms. The zero-order valence-corrected chi connectivity index (χ0v) is 8.86. The second-order valence-electron chi connectivity index (χ2n) is 3.11. The molecular weight excluding hydrogens is 184 g/mol. The Labute approximate surface area is 84.7 Å². The highest BCUT2D eigenvalue weighted by molar-refractivity contribution is 5.72. The summed E-state index contributed by atoms with van der Waals surface area (Å²) in [5.74, 6) is -0.562. The quantitative estimate of drug-likeness (QED) is 0.545. The van der Waals surface area contributed by atoms with Crippen LogP contribution in [-0.2, 0) is 14.3 Å². The maximum absolute atomic E-state index is 11.3. The van der Waals surface area contributed by atoms with Gasteiger partial charge in [0.25, 0.3) is 0 Å². The van der Waals surface area contributed by atoms with E-state index in [1.165, 1.54) is 0 Å². The van der Waals surface area contributed by atoms with E-state index < -0.39 is 0 Å². The van der Waals surface area contributed by atoms with E-state index in [1.807, 2.05) is 6.92 Å². The van der Waals surface area contributed by atoms with Crippen LogP contribution >= 0.6 is 0 Å². The highest BCUT2D eigenvalue weighted by atomic mass is 16.5. The second-order valence-corrected chi connectivity index (χ2v) is 3.11. The number of rotatable bonds is 7. The summed E-state index contributed by atoms with van der Waals surface area (Å²) < 4.78 is 10.2. The van der Waals surface area contributed by atoms with Crippen LogP contribution in [0.3, 0.4) is 0 Å². The van der Waals surface area contributed by atoms with Crippen molar-refractivity contribution in [3.63, 3.8) is 0 Å². The maximum atomic E-state index is 11.3. The lowest BCUT2D eigenvalue weighted by Gasteiger charge is -2.18. The monoisotopic (exact) mass is 204 g/mol. The van der Waals surface area contributed by atoms with E-state index in [9.17, 15) is 4.79 Å². The summed E-state index contributed by atoms with van der Waals surface area (Å²) in [5, 5.41) is 0. The van der Waals surface area contributed by atoms with Crippen molar-refractivity contribution < 1.29 is 14.3 Å². The summed E-state index contributed by atoms with van der Waals surface area (Å²) in [5.41, 5.74) is 10.5. The molecule has 0 aromatic carbocycles. The van der Waals surface area contributed by atoms with Crippen LogP contribution in [0, 0.1) is 5.92 Å². The number of carbonyl (C=O) groups excluding carboxylic acids is 1. The van der Waals surface area contributed by atoms with Gasteiger partial charge in [-0.3, -0.25) is 4.79 Å². The Morgan fingerprint density at radius 1 is 1.21 bits per heavy atom. The molecule has 0 saturated heterocycles. The van der Waals surface area contributed by atoms with Gasteiger partial charge in [-0.25, -0.2) is 0 Å². The molecule has 0 spiro atoms. The van der Waals surface area contributed by atoms with Gasteiger partial charge < -0.3 is 20.9 Å². The van der Waals surface area contributed by atoms with Gasteiger partial charge in [0, 0.05) is 13.1 Å². The number of ether oxygens (including phenoxy) is 2. The van der Waals surface area contributed by atoms with Crippen LogP contribution < -0.4 is 11.5 Å². The molecule has 0 aliphatic carbocycles. The molecule has 14 heavy (non-hydrogen) atoms. The average molecular weight is 204 g/mol. The molecule has 0 rings (SSSR count). The fourth-order valence-corrected chi connectivity index (χ4v) is 0.881. The lowest BCUT2D eigenvalue weighted by Crippen LogP contribution is -2.30. The number of nitrogens with two attached hydrogens (primary N) is 2. The van der Waals surface area contributed by atoms with Crippen molar-refractivity contribution in [2.45, 2.75) is 20.0 Å². The van der Waals surface area contributed by atoms with Crippen LogP contribution in [0.4, 0.5) is 0 Å². The minimum atomic E-state index is -0.284. The molecule has 0 aromatic rings. The molecule has 0 aliphatic rings. The van der Waals surface area contributed by atoms with Gasteiger partial charge in [-0.2, -0.15) is 0 Å². The topological polar surface area (TPSA) is 87.6 Å². The highest BCUT2D eigenvalue weighted by Gasteiger charge is 2.21. The SMILES string of the molecule is CC(OCCN)C(C)C(=O)OCCN. The van der Waals surface area contributed by atoms with Gasteiger partial charge in [-0.1, -0.05) is 0 Å². The Hall–Kier alpha value is -0.650. The number of carbonyl (C=O) groups is 1. The first kappa shape index (κ1) is 13.4. The van der Waals surface area contributed by atoms with Crippen LogP contribution in [0.25, 0.3) is 0 Å². The van der Waals surface area contributed by atoms with E-state index in [-0.39, 0.29) is 24.6 Å². The maximum Gasteiger partial charge on any atom is 0.311 e. The predicted molar refractivity (Wildman–Crippen MR) is 53.6 cm³/mol. The molecule has 4 N–H and O–H groups in total. The van der Waals surface area contributed by atoms with E-state index in [2.05, 4.69) is 0 Å². The van der Waals surface area contributed by atoms with E-state index in [0.29, 0.717) is 19.7 Å². The third kappa shape index (κ3) is 5.16. The van der Waals surface area contributed by atoms with Crippen LogP contribution in [-0.4, -0.2) is 38.4 Å². The molecule has 2 unspecified atom stereocenters. The van der Waals surface area contributed by atoms with Gasteiger partial charge in [0.05, 0.1) is 18.6 Å². The lowest BCUT2D eigenvalue weighted by atomic mass is 10.1. The van der Waals surface area contributed by atoms with Crippen molar-refractivity contribution in [2.75, 3.05) is 26.3 Å². The summed E-state index contributed by atoms with van der Waals surface area (Å²) in [6.45, 7) is 5.10. The second kappa shape index (κ2) is 7.73. The van der Waals surface area contributed by atoms with Gasteiger partial charge in [0.2, 0.25) is 0 Å². The summed E-state index contributed by atoms with van der Waals surface area (Å²) in [6.07, 6.45) is -0.177. The molecule has 0 aromatic heterocycles. The average Bonchev–Trinajstić information content (AvgIpc) is 2.21. The highest BCUT2D eigenvalue weighted by Crippen LogP contribution is 2.08. The Morgan fingerprint density at radius 3 is 2.29 bits per heavy atom.